The number of non-ortho nitro benzene ring substituents is 1. The molecule has 0 bridgehead atoms. The van der Waals surface area contributed by atoms with Gasteiger partial charge in [-0.3, -0.25) is 10.1 Å². The van der Waals surface area contributed by atoms with Gasteiger partial charge in [-0.05, 0) is 72.3 Å². The van der Waals surface area contributed by atoms with Gasteiger partial charge in [0.2, 0.25) is 10.0 Å². The quantitative estimate of drug-likeness (QED) is 0.0748. The molecule has 0 radical (unpaired) electrons. The Hall–Kier alpha value is -3.05. The highest BCUT2D eigenvalue weighted by atomic mass is 32.2. The van der Waals surface area contributed by atoms with E-state index in [0.717, 1.165) is 36.9 Å². The average molecular weight is 696 g/mol. The van der Waals surface area contributed by atoms with Crippen molar-refractivity contribution in [3.05, 3.63) is 99.6 Å². The van der Waals surface area contributed by atoms with E-state index in [1.54, 1.807) is 16.4 Å². The fourth-order valence-corrected chi connectivity index (χ4v) is 8.81. The van der Waals surface area contributed by atoms with Crippen LogP contribution in [0.5, 0.6) is 0 Å². The smallest absolute Gasteiger partial charge is 0.269 e. The van der Waals surface area contributed by atoms with Crippen LogP contribution in [0.15, 0.2) is 77.7 Å². The Labute approximate surface area is 290 Å². The molecular weight excluding hydrogens is 639 g/mol. The Kier molecular flexibility index (Phi) is 13.6. The number of hydrogen-bond donors (Lipinski definition) is 0. The van der Waals surface area contributed by atoms with Crippen molar-refractivity contribution in [2.24, 2.45) is 0 Å². The molecule has 3 rings (SSSR count). The normalized spacial score (nSPS) is 12.8. The van der Waals surface area contributed by atoms with Crippen molar-refractivity contribution in [1.29, 1.82) is 0 Å². The molecule has 10 heteroatoms. The topological polar surface area (TPSA) is 93.0 Å². The van der Waals surface area contributed by atoms with Gasteiger partial charge in [0.15, 0.2) is 8.32 Å². The Balaban J connectivity index is 2.31. The summed E-state index contributed by atoms with van der Waals surface area (Å²) in [6.07, 6.45) is 5.19. The number of nitrogens with zero attached hydrogens (tertiary/aromatic N) is 3. The van der Waals surface area contributed by atoms with E-state index in [9.17, 15) is 10.1 Å². The van der Waals surface area contributed by atoms with Crippen LogP contribution < -0.4 is 4.90 Å². The summed E-state index contributed by atoms with van der Waals surface area (Å²) in [4.78, 5) is 13.3. The largest absolute Gasteiger partial charge is 0.415 e. The minimum absolute atomic E-state index is 0.0210. The average Bonchev–Trinajstić information content (AvgIpc) is 3.03. The van der Waals surface area contributed by atoms with Crippen molar-refractivity contribution in [1.82, 2.24) is 4.31 Å². The van der Waals surface area contributed by atoms with Gasteiger partial charge in [0.25, 0.3) is 5.69 Å². The molecule has 0 unspecified atom stereocenters. The zero-order chi connectivity index (χ0) is 35.8. The second-order valence-corrected chi connectivity index (χ2v) is 21.4. The number of sulfonamides is 1. The van der Waals surface area contributed by atoms with Crippen molar-refractivity contribution in [3.8, 4) is 0 Å². The van der Waals surface area contributed by atoms with E-state index in [2.05, 4.69) is 47.7 Å². The molecule has 0 spiro atoms. The highest BCUT2D eigenvalue weighted by molar-refractivity contribution is 7.89. The van der Waals surface area contributed by atoms with Gasteiger partial charge < -0.3 is 9.33 Å². The van der Waals surface area contributed by atoms with Crippen molar-refractivity contribution in [3.63, 3.8) is 0 Å². The molecule has 0 N–H and O–H groups in total. The summed E-state index contributed by atoms with van der Waals surface area (Å²) in [5.41, 5.74) is 2.25. The summed E-state index contributed by atoms with van der Waals surface area (Å²) in [5, 5.41) is 11.6. The first kappa shape index (κ1) is 39.4. The van der Waals surface area contributed by atoms with Gasteiger partial charge in [-0.1, -0.05) is 103 Å². The van der Waals surface area contributed by atoms with E-state index < -0.39 is 28.8 Å². The summed E-state index contributed by atoms with van der Waals surface area (Å²) in [5.74, 6) is 0. The van der Waals surface area contributed by atoms with Crippen LogP contribution in [-0.4, -0.2) is 52.2 Å². The van der Waals surface area contributed by atoms with Crippen LogP contribution in [-0.2, 0) is 27.4 Å². The summed E-state index contributed by atoms with van der Waals surface area (Å²) >= 11 is 0. The second kappa shape index (κ2) is 16.6. The van der Waals surface area contributed by atoms with E-state index in [1.165, 1.54) is 12.1 Å². The lowest BCUT2D eigenvalue weighted by Crippen LogP contribution is -2.57. The molecular formula is C38H57N3O5SSi. The number of benzene rings is 3. The Bertz CT molecular complexity index is 1600. The van der Waals surface area contributed by atoms with Crippen molar-refractivity contribution < 1.29 is 17.8 Å². The maximum Gasteiger partial charge on any atom is 0.269 e. The molecule has 264 valence electrons. The number of nitro groups is 1. The van der Waals surface area contributed by atoms with Crippen molar-refractivity contribution >= 4 is 29.7 Å². The molecule has 3 aromatic rings. The minimum Gasteiger partial charge on any atom is -0.415 e. The van der Waals surface area contributed by atoms with E-state index >= 15 is 8.42 Å². The predicted molar refractivity (Wildman–Crippen MR) is 201 cm³/mol. The standard InChI is InChI=1S/C38H57N3O5SSi/c1-10-12-24-38(25-13-11-2,30-46-48(8,9)37(3,4)5)40(29-31-18-15-14-16-19-31)47(44,45)36-23-22-34(39(6)7)28-33(36)26-32-20-17-21-35(27-32)41(42)43/h14-23,27-28H,10-13,24-26,29-30H2,1-9H3. The molecule has 0 amide bonds. The van der Waals surface area contributed by atoms with Crippen LogP contribution in [0.1, 0.15) is 89.8 Å². The van der Waals surface area contributed by atoms with Crippen molar-refractivity contribution in [2.75, 3.05) is 25.6 Å². The first-order valence-corrected chi connectivity index (χ1v) is 21.6. The van der Waals surface area contributed by atoms with Crippen LogP contribution in [0.2, 0.25) is 18.1 Å². The fourth-order valence-electron chi connectivity index (χ4n) is 5.74. The number of rotatable bonds is 18. The van der Waals surface area contributed by atoms with Gasteiger partial charge in [-0.25, -0.2) is 8.42 Å². The maximum absolute atomic E-state index is 15.5. The van der Waals surface area contributed by atoms with Crippen LogP contribution in [0.3, 0.4) is 0 Å². The third-order valence-electron chi connectivity index (χ3n) is 9.84. The Morgan fingerprint density at radius 2 is 1.46 bits per heavy atom. The van der Waals surface area contributed by atoms with Crippen LogP contribution in [0.4, 0.5) is 11.4 Å². The summed E-state index contributed by atoms with van der Waals surface area (Å²) in [6, 6.07) is 21.7. The second-order valence-electron chi connectivity index (χ2n) is 14.8. The minimum atomic E-state index is -4.12. The lowest BCUT2D eigenvalue weighted by Gasteiger charge is -2.47. The van der Waals surface area contributed by atoms with Crippen LogP contribution in [0, 0.1) is 10.1 Å². The third kappa shape index (κ3) is 9.77. The van der Waals surface area contributed by atoms with E-state index in [4.69, 9.17) is 4.43 Å². The number of hydrogen-bond acceptors (Lipinski definition) is 6. The number of anilines is 1. The SMILES string of the molecule is CCCCC(CCCC)(CO[Si](C)(C)C(C)(C)C)N(Cc1ccccc1)S(=O)(=O)c1ccc(N(C)C)cc1Cc1cccc([N+](=O)[O-])c1. The molecule has 0 saturated carbocycles. The molecule has 0 aliphatic carbocycles. The highest BCUT2D eigenvalue weighted by Gasteiger charge is 2.47. The molecule has 3 aromatic carbocycles. The van der Waals surface area contributed by atoms with Gasteiger partial charge in [0.05, 0.1) is 22.0 Å². The molecule has 0 aliphatic heterocycles. The molecule has 0 aromatic heterocycles. The lowest BCUT2D eigenvalue weighted by atomic mass is 9.87. The van der Waals surface area contributed by atoms with Gasteiger partial charge in [-0.15, -0.1) is 0 Å². The summed E-state index contributed by atoms with van der Waals surface area (Å²) in [7, 11) is -2.54. The van der Waals surface area contributed by atoms with E-state index in [1.807, 2.05) is 67.5 Å². The number of nitro benzene ring substituents is 1. The molecule has 0 aliphatic rings. The van der Waals surface area contributed by atoms with E-state index in [0.29, 0.717) is 30.6 Å². The molecule has 0 saturated heterocycles. The Morgan fingerprint density at radius 1 is 0.854 bits per heavy atom. The molecule has 48 heavy (non-hydrogen) atoms. The van der Waals surface area contributed by atoms with Gasteiger partial charge in [-0.2, -0.15) is 4.31 Å². The summed E-state index contributed by atoms with van der Waals surface area (Å²) in [6.45, 7) is 15.9. The number of unbranched alkanes of at least 4 members (excludes halogenated alkanes) is 2. The van der Waals surface area contributed by atoms with Crippen LogP contribution in [0.25, 0.3) is 0 Å². The lowest BCUT2D eigenvalue weighted by molar-refractivity contribution is -0.384. The van der Waals surface area contributed by atoms with E-state index in [-0.39, 0.29) is 28.6 Å². The van der Waals surface area contributed by atoms with Crippen LogP contribution >= 0.6 is 0 Å². The van der Waals surface area contributed by atoms with Crippen molar-refractivity contribution in [2.45, 2.75) is 115 Å². The first-order chi connectivity index (χ1) is 22.5. The molecule has 8 nitrogen and oxygen atoms in total. The highest BCUT2D eigenvalue weighted by Crippen LogP contribution is 2.42. The monoisotopic (exact) mass is 695 g/mol. The fraction of sp³-hybridized carbons (Fsp3) is 0.526. The summed E-state index contributed by atoms with van der Waals surface area (Å²) < 4.78 is 39.7. The zero-order valence-electron chi connectivity index (χ0n) is 30.6. The molecule has 0 heterocycles. The first-order valence-electron chi connectivity index (χ1n) is 17.2. The molecule has 0 fully saturated rings. The van der Waals surface area contributed by atoms with Gasteiger partial charge >= 0.3 is 0 Å². The third-order valence-corrected chi connectivity index (χ3v) is 16.4. The molecule has 0 atom stereocenters. The maximum atomic E-state index is 15.5. The van der Waals surface area contributed by atoms with Gasteiger partial charge in [0, 0.05) is 38.5 Å². The predicted octanol–water partition coefficient (Wildman–Crippen LogP) is 9.58. The van der Waals surface area contributed by atoms with Gasteiger partial charge in [0.1, 0.15) is 0 Å². The Morgan fingerprint density at radius 3 is 2.00 bits per heavy atom. The zero-order valence-corrected chi connectivity index (χ0v) is 32.4.